The summed E-state index contributed by atoms with van der Waals surface area (Å²) in [5, 5.41) is 9.24. The van der Waals surface area contributed by atoms with Crippen molar-refractivity contribution < 1.29 is 0 Å². The lowest BCUT2D eigenvalue weighted by molar-refractivity contribution is 0.594. The number of imidazole rings is 1. The Morgan fingerprint density at radius 3 is 2.69 bits per heavy atom. The molecule has 0 fully saturated rings. The summed E-state index contributed by atoms with van der Waals surface area (Å²) in [6.07, 6.45) is 5.64. The Bertz CT molecular complexity index is 1290. The van der Waals surface area contributed by atoms with Crippen molar-refractivity contribution in [2.24, 2.45) is 21.1 Å². The van der Waals surface area contributed by atoms with Crippen molar-refractivity contribution in [3.05, 3.63) is 51.7 Å². The van der Waals surface area contributed by atoms with Crippen LogP contribution in [0.2, 0.25) is 0 Å². The van der Waals surface area contributed by atoms with Gasteiger partial charge in [-0.15, -0.1) is 10.2 Å². The van der Waals surface area contributed by atoms with Crippen molar-refractivity contribution in [3.8, 4) is 11.4 Å². The van der Waals surface area contributed by atoms with Gasteiger partial charge in [0.05, 0.1) is 6.33 Å². The monoisotopic (exact) mass is 412 g/mol. The highest BCUT2D eigenvalue weighted by Crippen LogP contribution is 2.22. The summed E-state index contributed by atoms with van der Waals surface area (Å²) in [6.45, 7) is 0.326. The maximum atomic E-state index is 12.7. The minimum atomic E-state index is -0.358. The van der Waals surface area contributed by atoms with E-state index in [1.165, 1.54) is 20.9 Å². The van der Waals surface area contributed by atoms with Crippen molar-refractivity contribution in [2.45, 2.75) is 18.1 Å². The van der Waals surface area contributed by atoms with Crippen LogP contribution >= 0.6 is 11.8 Å². The van der Waals surface area contributed by atoms with Crippen LogP contribution in [0.3, 0.4) is 0 Å². The summed E-state index contributed by atoms with van der Waals surface area (Å²) in [7, 11) is 5.28. The first-order valence-electron chi connectivity index (χ1n) is 9.02. The second kappa shape index (κ2) is 7.66. The normalized spacial score (nSPS) is 11.4. The third-order valence-corrected chi connectivity index (χ3v) is 5.82. The summed E-state index contributed by atoms with van der Waals surface area (Å²) in [6, 6.07) is 3.79. The maximum Gasteiger partial charge on any atom is 0.332 e. The second-order valence-corrected chi connectivity index (χ2v) is 7.70. The van der Waals surface area contributed by atoms with Gasteiger partial charge < -0.3 is 9.13 Å². The Hall–Kier alpha value is -3.21. The van der Waals surface area contributed by atoms with E-state index >= 15 is 0 Å². The van der Waals surface area contributed by atoms with E-state index in [9.17, 15) is 9.59 Å². The van der Waals surface area contributed by atoms with Gasteiger partial charge in [0.1, 0.15) is 0 Å². The van der Waals surface area contributed by atoms with E-state index in [1.807, 2.05) is 23.7 Å². The van der Waals surface area contributed by atoms with Crippen LogP contribution in [0.5, 0.6) is 0 Å². The van der Waals surface area contributed by atoms with Gasteiger partial charge in [0, 0.05) is 51.4 Å². The molecule has 0 aliphatic carbocycles. The first-order valence-corrected chi connectivity index (χ1v) is 10.0. The van der Waals surface area contributed by atoms with Crippen LogP contribution in [0, 0.1) is 0 Å². The molecule has 0 radical (unpaired) electrons. The molecule has 0 atom stereocenters. The number of fused-ring (bicyclic) bond motifs is 1. The van der Waals surface area contributed by atoms with Crippen molar-refractivity contribution in [3.63, 3.8) is 0 Å². The molecular formula is C18H20N8O2S. The highest BCUT2D eigenvalue weighted by molar-refractivity contribution is 7.99. The fourth-order valence-corrected chi connectivity index (χ4v) is 4.00. The van der Waals surface area contributed by atoms with Crippen LogP contribution < -0.4 is 11.2 Å². The number of thioether (sulfide) groups is 1. The zero-order valence-electron chi connectivity index (χ0n) is 16.3. The van der Waals surface area contributed by atoms with Crippen molar-refractivity contribution in [2.75, 3.05) is 5.75 Å². The van der Waals surface area contributed by atoms with Gasteiger partial charge in [0.15, 0.2) is 22.1 Å². The first-order chi connectivity index (χ1) is 14.0. The third kappa shape index (κ3) is 3.37. The molecule has 0 aliphatic heterocycles. The van der Waals surface area contributed by atoms with E-state index < -0.39 is 0 Å². The number of aryl methyl sites for hydroxylation is 2. The molecule has 0 saturated carbocycles. The van der Waals surface area contributed by atoms with Gasteiger partial charge in [-0.1, -0.05) is 11.8 Å². The van der Waals surface area contributed by atoms with Crippen molar-refractivity contribution >= 4 is 22.9 Å². The Morgan fingerprint density at radius 2 is 1.93 bits per heavy atom. The number of nitrogens with zero attached hydrogens (tertiary/aromatic N) is 8. The van der Waals surface area contributed by atoms with Gasteiger partial charge in [0.2, 0.25) is 0 Å². The molecule has 0 aromatic carbocycles. The predicted molar refractivity (Wildman–Crippen MR) is 110 cm³/mol. The molecule has 0 unspecified atom stereocenters. The fourth-order valence-electron chi connectivity index (χ4n) is 3.17. The number of hydrogen-bond donors (Lipinski definition) is 0. The van der Waals surface area contributed by atoms with Crippen molar-refractivity contribution in [1.82, 2.24) is 38.4 Å². The molecule has 29 heavy (non-hydrogen) atoms. The highest BCUT2D eigenvalue weighted by atomic mass is 32.2. The van der Waals surface area contributed by atoms with Crippen LogP contribution in [0.25, 0.3) is 22.6 Å². The van der Waals surface area contributed by atoms with E-state index in [0.717, 1.165) is 16.5 Å². The molecule has 0 bridgehead atoms. The molecule has 0 N–H and O–H groups in total. The minimum absolute atomic E-state index is 0.314. The largest absolute Gasteiger partial charge is 0.332 e. The number of rotatable bonds is 6. The molecule has 4 aromatic rings. The molecule has 4 rings (SSSR count). The van der Waals surface area contributed by atoms with Crippen LogP contribution in [0.4, 0.5) is 0 Å². The van der Waals surface area contributed by atoms with Gasteiger partial charge in [-0.2, -0.15) is 0 Å². The average molecular weight is 412 g/mol. The van der Waals surface area contributed by atoms with E-state index in [4.69, 9.17) is 0 Å². The molecule has 0 spiro atoms. The van der Waals surface area contributed by atoms with Gasteiger partial charge >= 0.3 is 5.69 Å². The van der Waals surface area contributed by atoms with Crippen LogP contribution in [0.1, 0.15) is 6.42 Å². The Kier molecular flexibility index (Phi) is 5.05. The topological polar surface area (TPSA) is 105 Å². The summed E-state index contributed by atoms with van der Waals surface area (Å²) in [5.74, 6) is 1.44. The van der Waals surface area contributed by atoms with Gasteiger partial charge in [-0.25, -0.2) is 9.78 Å². The molecule has 4 heterocycles. The zero-order valence-corrected chi connectivity index (χ0v) is 17.1. The Labute approximate surface area is 169 Å². The van der Waals surface area contributed by atoms with E-state index in [-0.39, 0.29) is 11.2 Å². The lowest BCUT2D eigenvalue weighted by atomic mass is 10.3. The highest BCUT2D eigenvalue weighted by Gasteiger charge is 2.15. The molecule has 150 valence electrons. The van der Waals surface area contributed by atoms with Crippen LogP contribution in [-0.2, 0) is 27.7 Å². The predicted octanol–water partition coefficient (Wildman–Crippen LogP) is 0.807. The van der Waals surface area contributed by atoms with Crippen LogP contribution in [-0.4, -0.2) is 44.2 Å². The van der Waals surface area contributed by atoms with Gasteiger partial charge in [0.25, 0.3) is 5.56 Å². The number of pyridine rings is 1. The average Bonchev–Trinajstić information content (AvgIpc) is 3.29. The van der Waals surface area contributed by atoms with E-state index in [2.05, 4.69) is 20.2 Å². The molecule has 10 nitrogen and oxygen atoms in total. The van der Waals surface area contributed by atoms with Crippen LogP contribution in [0.15, 0.2) is 45.6 Å². The molecule has 4 aromatic heterocycles. The molecular weight excluding hydrogens is 392 g/mol. The fraction of sp³-hybridized carbons (Fsp3) is 0.333. The number of aromatic nitrogens is 8. The third-order valence-electron chi connectivity index (χ3n) is 4.71. The van der Waals surface area contributed by atoms with Gasteiger partial charge in [-0.05, 0) is 18.6 Å². The zero-order chi connectivity index (χ0) is 20.5. The summed E-state index contributed by atoms with van der Waals surface area (Å²) < 4.78 is 6.23. The Balaban J connectivity index is 1.47. The molecule has 11 heteroatoms. The summed E-state index contributed by atoms with van der Waals surface area (Å²) in [4.78, 5) is 33.5. The van der Waals surface area contributed by atoms with E-state index in [1.54, 1.807) is 37.4 Å². The Morgan fingerprint density at radius 1 is 1.10 bits per heavy atom. The van der Waals surface area contributed by atoms with Gasteiger partial charge in [-0.3, -0.25) is 18.9 Å². The second-order valence-electron chi connectivity index (χ2n) is 6.63. The number of hydrogen-bond acceptors (Lipinski definition) is 7. The quantitative estimate of drug-likeness (QED) is 0.341. The van der Waals surface area contributed by atoms with Crippen molar-refractivity contribution in [1.29, 1.82) is 0 Å². The summed E-state index contributed by atoms with van der Waals surface area (Å²) >= 11 is 1.53. The molecule has 0 amide bonds. The minimum Gasteiger partial charge on any atom is -0.328 e. The standard InChI is InChI=1S/C18H20N8O2S/c1-23-11-20-15-13(23)16(27)26(18(28)25(15)3)8-5-9-29-17-22-21-14(24(17)2)12-6-4-7-19-10-12/h4,6-7,10-11H,5,8-9H2,1-3H3. The lowest BCUT2D eigenvalue weighted by Crippen LogP contribution is -2.39. The summed E-state index contributed by atoms with van der Waals surface area (Å²) in [5.41, 5.74) is 1.05. The first kappa shape index (κ1) is 19.1. The molecule has 0 aliphatic rings. The van der Waals surface area contributed by atoms with E-state index in [0.29, 0.717) is 29.9 Å². The SMILES string of the molecule is Cn1c(SCCCn2c(=O)c3c(ncn3C)n(C)c2=O)nnc1-c1cccnc1. The lowest BCUT2D eigenvalue weighted by Gasteiger charge is -2.08. The maximum absolute atomic E-state index is 12.7. The molecule has 0 saturated heterocycles. The smallest absolute Gasteiger partial charge is 0.328 e.